The zero-order valence-electron chi connectivity index (χ0n) is 12.3. The van der Waals surface area contributed by atoms with E-state index in [0.717, 1.165) is 27.5 Å². The Morgan fingerprint density at radius 3 is 2.62 bits per heavy atom. The Labute approximate surface area is 128 Å². The van der Waals surface area contributed by atoms with E-state index in [4.69, 9.17) is 4.74 Å². The lowest BCUT2D eigenvalue weighted by atomic mass is 10.1. The summed E-state index contributed by atoms with van der Waals surface area (Å²) in [6, 6.07) is 10.0. The second-order valence-corrected chi connectivity index (χ2v) is 6.55. The highest BCUT2D eigenvalue weighted by molar-refractivity contribution is 8.00. The lowest BCUT2D eigenvalue weighted by molar-refractivity contribution is 0.415. The predicted octanol–water partition coefficient (Wildman–Crippen LogP) is 3.91. The first-order chi connectivity index (χ1) is 10.2. The van der Waals surface area contributed by atoms with Gasteiger partial charge in [0.25, 0.3) is 0 Å². The summed E-state index contributed by atoms with van der Waals surface area (Å²) in [4.78, 5) is 4.46. The van der Waals surface area contributed by atoms with Gasteiger partial charge in [-0.25, -0.2) is 9.50 Å². The summed E-state index contributed by atoms with van der Waals surface area (Å²) in [7, 11) is 1.67. The zero-order valence-corrected chi connectivity index (χ0v) is 13.1. The molecule has 3 rings (SSSR count). The third kappa shape index (κ3) is 2.88. The number of hydrogen-bond donors (Lipinski definition) is 0. The lowest BCUT2D eigenvalue weighted by Gasteiger charge is -2.04. The van der Waals surface area contributed by atoms with Crippen LogP contribution in [0.1, 0.15) is 13.8 Å². The second-order valence-electron chi connectivity index (χ2n) is 4.99. The molecule has 0 N–H and O–H groups in total. The fraction of sp³-hybridized carbons (Fsp3) is 0.250. The van der Waals surface area contributed by atoms with Crippen molar-refractivity contribution in [2.45, 2.75) is 24.1 Å². The van der Waals surface area contributed by atoms with E-state index in [1.165, 1.54) is 0 Å². The maximum absolute atomic E-state index is 5.19. The molecule has 0 unspecified atom stereocenters. The van der Waals surface area contributed by atoms with Gasteiger partial charge in [0.2, 0.25) is 0 Å². The predicted molar refractivity (Wildman–Crippen MR) is 86.0 cm³/mol. The monoisotopic (exact) mass is 299 g/mol. The average Bonchev–Trinajstić information content (AvgIpc) is 2.92. The first kappa shape index (κ1) is 13.9. The molecule has 0 amide bonds. The largest absolute Gasteiger partial charge is 0.497 e. The van der Waals surface area contributed by atoms with E-state index in [-0.39, 0.29) is 0 Å². The highest BCUT2D eigenvalue weighted by Crippen LogP contribution is 2.28. The van der Waals surface area contributed by atoms with Crippen LogP contribution in [0.5, 0.6) is 5.75 Å². The molecule has 0 saturated heterocycles. The summed E-state index contributed by atoms with van der Waals surface area (Å²) in [5, 5.41) is 6.13. The van der Waals surface area contributed by atoms with Crippen molar-refractivity contribution in [2.24, 2.45) is 0 Å². The normalized spacial score (nSPS) is 11.2. The van der Waals surface area contributed by atoms with E-state index in [9.17, 15) is 0 Å². The van der Waals surface area contributed by atoms with Gasteiger partial charge in [-0.1, -0.05) is 13.8 Å². The molecule has 0 spiro atoms. The smallest absolute Gasteiger partial charge is 0.122 e. The Morgan fingerprint density at radius 1 is 1.19 bits per heavy atom. The molecule has 2 aromatic heterocycles. The Balaban J connectivity index is 2.03. The molecule has 21 heavy (non-hydrogen) atoms. The number of hydrogen-bond acceptors (Lipinski definition) is 4. The second kappa shape index (κ2) is 5.77. The minimum atomic E-state index is 0.489. The maximum Gasteiger partial charge on any atom is 0.122 e. The Hall–Kier alpha value is -2.01. The van der Waals surface area contributed by atoms with Gasteiger partial charge in [0.15, 0.2) is 0 Å². The van der Waals surface area contributed by atoms with Gasteiger partial charge in [-0.15, -0.1) is 11.8 Å². The summed E-state index contributed by atoms with van der Waals surface area (Å²) in [5.41, 5.74) is 3.05. The van der Waals surface area contributed by atoms with Crippen LogP contribution in [0.3, 0.4) is 0 Å². The molecule has 0 saturated carbocycles. The minimum Gasteiger partial charge on any atom is -0.497 e. The van der Waals surface area contributed by atoms with Crippen LogP contribution in [0, 0.1) is 0 Å². The molecular weight excluding hydrogens is 282 g/mol. The quantitative estimate of drug-likeness (QED) is 0.685. The van der Waals surface area contributed by atoms with Crippen molar-refractivity contribution in [1.29, 1.82) is 0 Å². The molecule has 0 aliphatic heterocycles. The van der Waals surface area contributed by atoms with Crippen molar-refractivity contribution in [3.05, 3.63) is 42.7 Å². The number of fused-ring (bicyclic) bond motifs is 1. The van der Waals surface area contributed by atoms with Crippen LogP contribution in [0.15, 0.2) is 47.8 Å². The van der Waals surface area contributed by atoms with E-state index >= 15 is 0 Å². The van der Waals surface area contributed by atoms with Gasteiger partial charge in [0.05, 0.1) is 18.3 Å². The third-order valence-electron chi connectivity index (χ3n) is 3.09. The van der Waals surface area contributed by atoms with Crippen LogP contribution in [-0.2, 0) is 0 Å². The fourth-order valence-corrected chi connectivity index (χ4v) is 2.96. The minimum absolute atomic E-state index is 0.489. The van der Waals surface area contributed by atoms with Crippen LogP contribution >= 0.6 is 11.8 Å². The van der Waals surface area contributed by atoms with Crippen LogP contribution in [0.25, 0.3) is 16.8 Å². The van der Waals surface area contributed by atoms with Gasteiger partial charge < -0.3 is 4.74 Å². The molecule has 0 atom stereocenters. The van der Waals surface area contributed by atoms with Crippen molar-refractivity contribution in [3.63, 3.8) is 0 Å². The SMILES string of the molecule is COc1ccc(-c2cc3c(SC(C)C)nccn3n2)cc1. The Morgan fingerprint density at radius 2 is 1.95 bits per heavy atom. The molecular formula is C16H17N3OS. The van der Waals surface area contributed by atoms with Gasteiger partial charge in [-0.2, -0.15) is 5.10 Å². The van der Waals surface area contributed by atoms with Crippen molar-refractivity contribution in [2.75, 3.05) is 7.11 Å². The number of benzene rings is 1. The van der Waals surface area contributed by atoms with E-state index in [0.29, 0.717) is 5.25 Å². The van der Waals surface area contributed by atoms with Crippen LogP contribution in [-0.4, -0.2) is 27.0 Å². The Bertz CT molecular complexity index is 750. The number of rotatable bonds is 4. The van der Waals surface area contributed by atoms with Crippen LogP contribution < -0.4 is 4.74 Å². The number of aromatic nitrogens is 3. The summed E-state index contributed by atoms with van der Waals surface area (Å²) < 4.78 is 7.07. The summed E-state index contributed by atoms with van der Waals surface area (Å²) in [5.74, 6) is 0.847. The molecule has 1 aromatic carbocycles. The molecule has 5 heteroatoms. The van der Waals surface area contributed by atoms with Crippen LogP contribution in [0.4, 0.5) is 0 Å². The van der Waals surface area contributed by atoms with Gasteiger partial charge in [0.1, 0.15) is 10.8 Å². The van der Waals surface area contributed by atoms with Gasteiger partial charge in [-0.05, 0) is 30.3 Å². The molecule has 0 aliphatic rings. The number of ether oxygens (including phenoxy) is 1. The van der Waals surface area contributed by atoms with Crippen molar-refractivity contribution < 1.29 is 4.74 Å². The van der Waals surface area contributed by atoms with Gasteiger partial charge in [-0.3, -0.25) is 0 Å². The van der Waals surface area contributed by atoms with E-state index < -0.39 is 0 Å². The highest BCUT2D eigenvalue weighted by atomic mass is 32.2. The standard InChI is InChI=1S/C16H17N3OS/c1-11(2)21-16-15-10-14(18-19(15)9-8-17-16)12-4-6-13(20-3)7-5-12/h4-11H,1-3H3. The topological polar surface area (TPSA) is 39.4 Å². The third-order valence-corrected chi connectivity index (χ3v) is 4.10. The summed E-state index contributed by atoms with van der Waals surface area (Å²) in [6.45, 7) is 4.33. The van der Waals surface area contributed by atoms with E-state index in [1.807, 2.05) is 35.0 Å². The first-order valence-corrected chi connectivity index (χ1v) is 7.71. The van der Waals surface area contributed by atoms with E-state index in [2.05, 4.69) is 30.0 Å². The summed E-state index contributed by atoms with van der Waals surface area (Å²) in [6.07, 6.45) is 3.68. The van der Waals surface area contributed by atoms with Crippen molar-refractivity contribution >= 4 is 17.3 Å². The number of nitrogens with zero attached hydrogens (tertiary/aromatic N) is 3. The zero-order chi connectivity index (χ0) is 14.8. The van der Waals surface area contributed by atoms with E-state index in [1.54, 1.807) is 25.1 Å². The summed E-state index contributed by atoms with van der Waals surface area (Å²) >= 11 is 1.75. The molecule has 4 nitrogen and oxygen atoms in total. The van der Waals surface area contributed by atoms with Gasteiger partial charge >= 0.3 is 0 Å². The molecule has 3 aromatic rings. The molecule has 0 aliphatic carbocycles. The highest BCUT2D eigenvalue weighted by Gasteiger charge is 2.10. The average molecular weight is 299 g/mol. The molecule has 0 fully saturated rings. The maximum atomic E-state index is 5.19. The lowest BCUT2D eigenvalue weighted by Crippen LogP contribution is -1.94. The first-order valence-electron chi connectivity index (χ1n) is 6.83. The molecule has 0 bridgehead atoms. The van der Waals surface area contributed by atoms with Crippen molar-refractivity contribution in [1.82, 2.24) is 14.6 Å². The number of methoxy groups -OCH3 is 1. The Kier molecular flexibility index (Phi) is 3.84. The molecule has 108 valence electrons. The molecule has 0 radical (unpaired) electrons. The number of thioether (sulfide) groups is 1. The van der Waals surface area contributed by atoms with Gasteiger partial charge in [0, 0.05) is 23.2 Å². The van der Waals surface area contributed by atoms with Crippen molar-refractivity contribution in [3.8, 4) is 17.0 Å². The molecule has 2 heterocycles. The fourth-order valence-electron chi connectivity index (χ4n) is 2.12. The van der Waals surface area contributed by atoms with Crippen LogP contribution in [0.2, 0.25) is 0 Å².